The molecule has 186 valence electrons. The van der Waals surface area contributed by atoms with Gasteiger partial charge in [0.1, 0.15) is 12.3 Å². The van der Waals surface area contributed by atoms with Crippen LogP contribution in [0.3, 0.4) is 0 Å². The normalized spacial score (nSPS) is 25.9. The van der Waals surface area contributed by atoms with Gasteiger partial charge < -0.3 is 20.8 Å². The second-order valence-electron chi connectivity index (χ2n) is 11.6. The molecule has 0 aromatic heterocycles. The molecule has 0 spiro atoms. The minimum absolute atomic E-state index is 0.647. The lowest BCUT2D eigenvalue weighted by molar-refractivity contribution is -0.223. The third-order valence-electron chi connectivity index (χ3n) is 8.96. The van der Waals surface area contributed by atoms with Gasteiger partial charge >= 0.3 is 0 Å². The molecule has 8 nitrogen and oxygen atoms in total. The van der Waals surface area contributed by atoms with Crippen molar-refractivity contribution in [2.45, 2.75) is 89.9 Å². The van der Waals surface area contributed by atoms with Gasteiger partial charge in [0, 0.05) is 0 Å². The Hall–Kier alpha value is -1.88. The topological polar surface area (TPSA) is 93.9 Å². The van der Waals surface area contributed by atoms with Crippen LogP contribution in [0.25, 0.3) is 11.1 Å². The highest BCUT2D eigenvalue weighted by Gasteiger charge is 2.59. The van der Waals surface area contributed by atoms with Gasteiger partial charge in [0.15, 0.2) is 0 Å². The van der Waals surface area contributed by atoms with Gasteiger partial charge in [-0.15, -0.1) is 0 Å². The summed E-state index contributed by atoms with van der Waals surface area (Å²) in [5, 5.41) is 48.0. The first-order chi connectivity index (χ1) is 15.6. The van der Waals surface area contributed by atoms with Gasteiger partial charge in [-0.2, -0.15) is 20.3 Å². The van der Waals surface area contributed by atoms with Crippen LogP contribution < -0.4 is 0 Å². The van der Waals surface area contributed by atoms with Crippen molar-refractivity contribution in [3.63, 3.8) is 0 Å². The zero-order valence-corrected chi connectivity index (χ0v) is 21.4. The van der Waals surface area contributed by atoms with Crippen molar-refractivity contribution >= 4 is 0 Å². The van der Waals surface area contributed by atoms with Crippen molar-refractivity contribution in [1.82, 2.24) is 20.3 Å². The zero-order valence-electron chi connectivity index (χ0n) is 21.4. The van der Waals surface area contributed by atoms with E-state index < -0.39 is 34.5 Å². The van der Waals surface area contributed by atoms with Crippen LogP contribution in [0, 0.1) is 0 Å². The van der Waals surface area contributed by atoms with Crippen molar-refractivity contribution in [2.24, 2.45) is 0 Å². The fourth-order valence-corrected chi connectivity index (χ4v) is 4.81. The Labute approximate surface area is 202 Å². The molecule has 2 aromatic carbocycles. The van der Waals surface area contributed by atoms with Gasteiger partial charge in [0.05, 0.1) is 22.2 Å². The van der Waals surface area contributed by atoms with Crippen molar-refractivity contribution in [3.05, 3.63) is 59.7 Å². The predicted octanol–water partition coefficient (Wildman–Crippen LogP) is 5.26. The van der Waals surface area contributed by atoms with Gasteiger partial charge in [-0.3, -0.25) is 0 Å². The van der Waals surface area contributed by atoms with E-state index in [1.807, 2.05) is 104 Å². The van der Waals surface area contributed by atoms with Crippen LogP contribution in [0.15, 0.2) is 48.5 Å². The maximum Gasteiger partial charge on any atom is 0.136 e. The van der Waals surface area contributed by atoms with E-state index in [0.29, 0.717) is 0 Å². The molecule has 4 rings (SSSR count). The molecule has 0 unspecified atom stereocenters. The molecule has 2 aliphatic heterocycles. The van der Waals surface area contributed by atoms with Crippen molar-refractivity contribution in [3.8, 4) is 11.1 Å². The summed E-state index contributed by atoms with van der Waals surface area (Å²) in [4.78, 5) is 0. The Bertz CT molecular complexity index is 924. The number of nitrogens with zero attached hydrogens (tertiary/aromatic N) is 4. The first-order valence-electron chi connectivity index (χ1n) is 11.7. The summed E-state index contributed by atoms with van der Waals surface area (Å²) in [7, 11) is 0. The monoisotopic (exact) mass is 470 g/mol. The second-order valence-corrected chi connectivity index (χ2v) is 11.6. The first-order valence-corrected chi connectivity index (χ1v) is 11.7. The molecule has 8 heteroatoms. The smallest absolute Gasteiger partial charge is 0.136 e. The zero-order chi connectivity index (χ0) is 25.4. The van der Waals surface area contributed by atoms with E-state index in [-0.39, 0.29) is 0 Å². The summed E-state index contributed by atoms with van der Waals surface area (Å²) in [5.41, 5.74) is 0.940. The average Bonchev–Trinajstić information content (AvgIpc) is 2.98. The standard InChI is InChI=1S/C26H38N4O4/c1-23(2)24(3,4)28(32)21(27(23)31)19-13-9-17(10-14-19)18-11-15-20(16-12-18)22-29(33)25(5,6)26(7,8)30(22)34/h9-16,21-22,31-34H,1-8H3. The molecule has 0 atom stereocenters. The summed E-state index contributed by atoms with van der Waals surface area (Å²) >= 11 is 0. The summed E-state index contributed by atoms with van der Waals surface area (Å²) in [6.07, 6.45) is -1.33. The third-order valence-corrected chi connectivity index (χ3v) is 8.96. The summed E-state index contributed by atoms with van der Waals surface area (Å²) < 4.78 is 0. The summed E-state index contributed by atoms with van der Waals surface area (Å²) in [6, 6.07) is 15.5. The summed E-state index contributed by atoms with van der Waals surface area (Å²) in [5.74, 6) is 0. The van der Waals surface area contributed by atoms with Crippen LogP contribution in [0.5, 0.6) is 0 Å². The van der Waals surface area contributed by atoms with Crippen LogP contribution >= 0.6 is 0 Å². The fourth-order valence-electron chi connectivity index (χ4n) is 4.81. The minimum atomic E-state index is -0.665. The van der Waals surface area contributed by atoms with Crippen LogP contribution in [0.1, 0.15) is 78.8 Å². The molecular formula is C26H38N4O4. The van der Waals surface area contributed by atoms with Gasteiger partial charge in [-0.25, -0.2) is 0 Å². The number of hydrogen-bond donors (Lipinski definition) is 4. The minimum Gasteiger partial charge on any atom is -0.311 e. The Morgan fingerprint density at radius 1 is 0.441 bits per heavy atom. The van der Waals surface area contributed by atoms with E-state index in [1.54, 1.807) is 0 Å². The van der Waals surface area contributed by atoms with Crippen LogP contribution in [0.4, 0.5) is 0 Å². The van der Waals surface area contributed by atoms with E-state index in [4.69, 9.17) is 0 Å². The number of rotatable bonds is 3. The Kier molecular flexibility index (Phi) is 5.79. The third kappa shape index (κ3) is 3.29. The van der Waals surface area contributed by atoms with E-state index in [2.05, 4.69) is 0 Å². The fraction of sp³-hybridized carbons (Fsp3) is 0.538. The van der Waals surface area contributed by atoms with Crippen molar-refractivity contribution in [1.29, 1.82) is 0 Å². The molecule has 2 fully saturated rings. The predicted molar refractivity (Wildman–Crippen MR) is 128 cm³/mol. The van der Waals surface area contributed by atoms with Crippen LogP contribution in [-0.2, 0) is 0 Å². The van der Waals surface area contributed by atoms with E-state index in [0.717, 1.165) is 22.3 Å². The molecule has 2 aliphatic rings. The highest BCUT2D eigenvalue weighted by Crippen LogP contribution is 2.49. The van der Waals surface area contributed by atoms with E-state index in [9.17, 15) is 20.8 Å². The molecule has 0 radical (unpaired) electrons. The molecule has 2 saturated heterocycles. The Morgan fingerprint density at radius 3 is 0.853 bits per heavy atom. The number of hydrogen-bond acceptors (Lipinski definition) is 8. The Balaban J connectivity index is 1.57. The molecule has 0 bridgehead atoms. The van der Waals surface area contributed by atoms with Gasteiger partial charge in [-0.1, -0.05) is 48.5 Å². The summed E-state index contributed by atoms with van der Waals surface area (Å²) in [6.45, 7) is 15.2. The molecule has 0 saturated carbocycles. The number of benzene rings is 2. The maximum absolute atomic E-state index is 10.8. The Morgan fingerprint density at radius 2 is 0.647 bits per heavy atom. The number of hydroxylamine groups is 8. The van der Waals surface area contributed by atoms with Crippen LogP contribution in [-0.4, -0.2) is 63.2 Å². The highest BCUT2D eigenvalue weighted by atomic mass is 16.6. The quantitative estimate of drug-likeness (QED) is 0.483. The lowest BCUT2D eigenvalue weighted by atomic mass is 9.84. The first kappa shape index (κ1) is 25.2. The maximum atomic E-state index is 10.8. The molecular weight excluding hydrogens is 432 g/mol. The molecule has 4 N–H and O–H groups in total. The molecule has 0 aliphatic carbocycles. The van der Waals surface area contributed by atoms with Crippen LogP contribution in [0.2, 0.25) is 0 Å². The second kappa shape index (κ2) is 7.81. The van der Waals surface area contributed by atoms with E-state index in [1.165, 1.54) is 20.3 Å². The van der Waals surface area contributed by atoms with Gasteiger partial charge in [0.25, 0.3) is 0 Å². The lowest BCUT2D eigenvalue weighted by Crippen LogP contribution is -2.52. The molecule has 2 aromatic rings. The van der Waals surface area contributed by atoms with Gasteiger partial charge in [0.2, 0.25) is 0 Å². The lowest BCUT2D eigenvalue weighted by Gasteiger charge is -2.37. The highest BCUT2D eigenvalue weighted by molar-refractivity contribution is 5.64. The SMILES string of the molecule is CC1(C)N(O)C(c2ccc(-c3ccc(C4N(O)C(C)(C)C(C)(C)N4O)cc3)cc2)N(O)C1(C)C. The molecule has 34 heavy (non-hydrogen) atoms. The molecule has 2 heterocycles. The molecule has 0 amide bonds. The average molecular weight is 471 g/mol. The van der Waals surface area contributed by atoms with Crippen molar-refractivity contribution < 1.29 is 20.8 Å². The largest absolute Gasteiger partial charge is 0.311 e. The van der Waals surface area contributed by atoms with E-state index >= 15 is 0 Å². The van der Waals surface area contributed by atoms with Gasteiger partial charge in [-0.05, 0) is 77.6 Å². The van der Waals surface area contributed by atoms with Crippen molar-refractivity contribution in [2.75, 3.05) is 0 Å².